The Morgan fingerprint density at radius 1 is 0.830 bits per heavy atom. The molecule has 0 saturated heterocycles. The molecular weight excluding hydrogens is 641 g/mol. The van der Waals surface area contributed by atoms with Crippen molar-refractivity contribution in [3.8, 4) is 5.75 Å². The molecule has 10 nitrogen and oxygen atoms in total. The van der Waals surface area contributed by atoms with Crippen LogP contribution < -0.4 is 14.2 Å². The summed E-state index contributed by atoms with van der Waals surface area (Å²) in [6, 6.07) is 23.9. The highest BCUT2D eigenvalue weighted by atomic mass is 32.2. The summed E-state index contributed by atoms with van der Waals surface area (Å²) >= 11 is 0. The van der Waals surface area contributed by atoms with Crippen LogP contribution in [0.3, 0.4) is 0 Å². The number of rotatable bonds is 12. The largest absolute Gasteiger partial charge is 0.439 e. The van der Waals surface area contributed by atoms with Crippen LogP contribution in [-0.4, -0.2) is 43.0 Å². The maximum absolute atomic E-state index is 11.8. The Kier molecular flexibility index (Phi) is 9.05. The topological polar surface area (TPSA) is 138 Å². The van der Waals surface area contributed by atoms with Crippen molar-refractivity contribution in [2.24, 2.45) is 5.92 Å². The van der Waals surface area contributed by atoms with Crippen LogP contribution in [-0.2, 0) is 33.2 Å². The average Bonchev–Trinajstić information content (AvgIpc) is 3.53. The van der Waals surface area contributed by atoms with Crippen molar-refractivity contribution in [3.63, 3.8) is 0 Å². The zero-order valence-electron chi connectivity index (χ0n) is 26.5. The fourth-order valence-electron chi connectivity index (χ4n) is 6.02. The van der Waals surface area contributed by atoms with Gasteiger partial charge in [-0.1, -0.05) is 55.5 Å². The number of anilines is 1. The number of nitrogens with zero attached hydrogens (tertiary/aromatic N) is 2. The van der Waals surface area contributed by atoms with E-state index in [9.17, 15) is 25.9 Å². The average molecular weight is 680 g/mol. The summed E-state index contributed by atoms with van der Waals surface area (Å²) < 4.78 is 81.4. The van der Waals surface area contributed by atoms with E-state index in [1.54, 1.807) is 0 Å². The zero-order valence-corrected chi connectivity index (χ0v) is 28.2. The molecule has 1 aromatic heterocycles. The van der Waals surface area contributed by atoms with E-state index >= 15 is 0 Å². The lowest BCUT2D eigenvalue weighted by molar-refractivity contribution is -0.684. The van der Waals surface area contributed by atoms with Crippen LogP contribution >= 0.6 is 0 Å². The highest BCUT2D eigenvalue weighted by Gasteiger charge is 2.32. The molecule has 0 saturated carbocycles. The summed E-state index contributed by atoms with van der Waals surface area (Å²) in [7, 11) is -8.40. The van der Waals surface area contributed by atoms with Crippen molar-refractivity contribution >= 4 is 58.6 Å². The second-order valence-corrected chi connectivity index (χ2v) is 16.0. The minimum atomic E-state index is -4.20. The first-order valence-electron chi connectivity index (χ1n) is 15.8. The Hall–Kier alpha value is -3.97. The van der Waals surface area contributed by atoms with Crippen LogP contribution in [0.4, 0.5) is 5.69 Å². The van der Waals surface area contributed by atoms with Gasteiger partial charge in [-0.05, 0) is 78.4 Å². The number of oxazole rings is 1. The van der Waals surface area contributed by atoms with Crippen molar-refractivity contribution in [2.75, 3.05) is 11.4 Å². The monoisotopic (exact) mass is 679 g/mol. The summed E-state index contributed by atoms with van der Waals surface area (Å²) in [4.78, 5) is 1.96. The third-order valence-electron chi connectivity index (χ3n) is 9.12. The fraction of sp³-hybridized carbons (Fsp3) is 0.343. The molecule has 248 valence electrons. The molecule has 2 N–H and O–H groups in total. The van der Waals surface area contributed by atoms with E-state index in [4.69, 9.17) is 9.15 Å². The van der Waals surface area contributed by atoms with Gasteiger partial charge in [0.05, 0.1) is 22.6 Å². The maximum atomic E-state index is 11.8. The Bertz CT molecular complexity index is 2210. The minimum absolute atomic E-state index is 0.0737. The molecular formula is C35H39N2O8S2+. The molecule has 6 rings (SSSR count). The van der Waals surface area contributed by atoms with Gasteiger partial charge in [-0.25, -0.2) is 0 Å². The Labute approximate surface area is 274 Å². The second kappa shape index (κ2) is 12.9. The van der Waals surface area contributed by atoms with Crippen LogP contribution in [0.25, 0.3) is 32.6 Å². The van der Waals surface area contributed by atoms with Gasteiger partial charge in [0.25, 0.3) is 25.8 Å². The molecule has 3 unspecified atom stereocenters. The summed E-state index contributed by atoms with van der Waals surface area (Å²) in [5.41, 5.74) is 2.33. The lowest BCUT2D eigenvalue weighted by Crippen LogP contribution is -2.39. The minimum Gasteiger partial charge on any atom is -0.439 e. The molecule has 1 aliphatic rings. The molecule has 12 heteroatoms. The molecule has 0 amide bonds. The first kappa shape index (κ1) is 33.0. The van der Waals surface area contributed by atoms with Crippen molar-refractivity contribution in [1.82, 2.24) is 0 Å². The number of hydrogen-bond acceptors (Lipinski definition) is 7. The van der Waals surface area contributed by atoms with E-state index in [0.717, 1.165) is 39.2 Å². The number of aryl methyl sites for hydroxylation is 1. The van der Waals surface area contributed by atoms with E-state index in [1.807, 2.05) is 88.3 Å². The molecule has 0 bridgehead atoms. The quantitative estimate of drug-likeness (QED) is 0.109. The molecule has 0 aliphatic carbocycles. The first-order chi connectivity index (χ1) is 22.3. The van der Waals surface area contributed by atoms with Gasteiger partial charge in [0.15, 0.2) is 18.2 Å². The maximum Gasteiger partial charge on any atom is 0.348 e. The summed E-state index contributed by atoms with van der Waals surface area (Å²) in [6.07, 6.45) is 3.61. The number of hydrogen-bond donors (Lipinski definition) is 2. The summed E-state index contributed by atoms with van der Waals surface area (Å²) in [5.74, 6) is 1.82. The highest BCUT2D eigenvalue weighted by Crippen LogP contribution is 2.42. The Morgan fingerprint density at radius 2 is 1.40 bits per heavy atom. The van der Waals surface area contributed by atoms with Gasteiger partial charge in [-0.3, -0.25) is 9.11 Å². The van der Waals surface area contributed by atoms with Crippen LogP contribution in [0.5, 0.6) is 5.75 Å². The lowest BCUT2D eigenvalue weighted by Gasteiger charge is -2.21. The van der Waals surface area contributed by atoms with E-state index < -0.39 is 30.7 Å². The van der Waals surface area contributed by atoms with Crippen LogP contribution in [0.2, 0.25) is 0 Å². The van der Waals surface area contributed by atoms with E-state index in [1.165, 1.54) is 13.8 Å². The number of fused-ring (bicyclic) bond motifs is 4. The number of benzene rings is 4. The van der Waals surface area contributed by atoms with Crippen LogP contribution in [0.1, 0.15) is 45.9 Å². The standard InChI is InChI=1S/C35H38N2O8S2/c1-4-25(17-34-36(15-13-23(2)46(38,39)40)30-19-26-9-5-7-11-28(26)21-32(30)44-34)18-35-37(16-14-24(3)47(41,42)43)31-20-27-10-6-8-12-29(27)22-33(31)45-35/h5-12,17,19-25H,4,13-16,18H2,1-3H3,(H-,38,39,40,41,42,43)/p+1. The number of aromatic nitrogens is 1. The summed E-state index contributed by atoms with van der Waals surface area (Å²) in [5, 5.41) is 2.18. The Morgan fingerprint density at radius 3 is 2.02 bits per heavy atom. The van der Waals surface area contributed by atoms with Gasteiger partial charge in [0.2, 0.25) is 5.58 Å². The zero-order chi connectivity index (χ0) is 33.5. The van der Waals surface area contributed by atoms with Gasteiger partial charge in [0.1, 0.15) is 0 Å². The van der Waals surface area contributed by atoms with Gasteiger partial charge in [-0.15, -0.1) is 0 Å². The van der Waals surface area contributed by atoms with Gasteiger partial charge >= 0.3 is 5.89 Å². The van der Waals surface area contributed by atoms with E-state index in [0.29, 0.717) is 42.6 Å². The molecule has 47 heavy (non-hydrogen) atoms. The molecule has 0 fully saturated rings. The van der Waals surface area contributed by atoms with Crippen molar-refractivity contribution in [1.29, 1.82) is 0 Å². The van der Waals surface area contributed by atoms with Gasteiger partial charge in [-0.2, -0.15) is 21.4 Å². The van der Waals surface area contributed by atoms with Gasteiger partial charge in [0, 0.05) is 19.0 Å². The molecule has 2 heterocycles. The predicted octanol–water partition coefficient (Wildman–Crippen LogP) is 6.67. The normalized spacial score (nSPS) is 16.5. The molecule has 3 atom stereocenters. The molecule has 0 radical (unpaired) electrons. The van der Waals surface area contributed by atoms with E-state index in [-0.39, 0.29) is 18.8 Å². The van der Waals surface area contributed by atoms with Crippen molar-refractivity contribution in [3.05, 3.63) is 90.6 Å². The second-order valence-electron chi connectivity index (χ2n) is 12.3. The number of allylic oxidation sites excluding steroid dienone is 1. The van der Waals surface area contributed by atoms with Crippen molar-refractivity contribution in [2.45, 2.75) is 63.5 Å². The highest BCUT2D eigenvalue weighted by molar-refractivity contribution is 7.86. The SMILES string of the molecule is CCC(C=C1Oc2cc3ccccc3cc2N1CCC(C)S(=O)(=O)O)Cc1oc2cc3ccccc3cc2[n+]1CCC(C)S(=O)(=O)O. The summed E-state index contributed by atoms with van der Waals surface area (Å²) in [6.45, 7) is 5.66. The molecule has 0 spiro atoms. The molecule has 5 aromatic rings. The predicted molar refractivity (Wildman–Crippen MR) is 183 cm³/mol. The first-order valence-corrected chi connectivity index (χ1v) is 18.8. The van der Waals surface area contributed by atoms with Gasteiger partial charge < -0.3 is 14.1 Å². The Balaban J connectivity index is 1.37. The fourth-order valence-corrected chi connectivity index (χ4v) is 6.83. The third-order valence-corrected chi connectivity index (χ3v) is 11.6. The molecule has 4 aromatic carbocycles. The number of ether oxygens (including phenoxy) is 1. The van der Waals surface area contributed by atoms with Crippen LogP contribution in [0.15, 0.2) is 89.2 Å². The van der Waals surface area contributed by atoms with E-state index in [2.05, 4.69) is 6.92 Å². The molecule has 1 aliphatic heterocycles. The third kappa shape index (κ3) is 7.01. The van der Waals surface area contributed by atoms with Crippen LogP contribution in [0, 0.1) is 5.92 Å². The smallest absolute Gasteiger partial charge is 0.348 e. The van der Waals surface area contributed by atoms with Crippen molar-refractivity contribution < 1.29 is 39.7 Å². The lowest BCUT2D eigenvalue weighted by atomic mass is 10.0.